The molecule has 0 aliphatic rings. The molecule has 0 spiro atoms. The van der Waals surface area contributed by atoms with Crippen LogP contribution in [0, 0.1) is 0 Å². The van der Waals surface area contributed by atoms with Crippen molar-refractivity contribution < 1.29 is 19.4 Å². The van der Waals surface area contributed by atoms with Gasteiger partial charge >= 0.3 is 11.9 Å². The summed E-state index contributed by atoms with van der Waals surface area (Å²) in [5, 5.41) is 9.20. The number of esters is 1. The Bertz CT molecular complexity index is 468. The number of aliphatic carboxylic acids is 1. The maximum absolute atomic E-state index is 12.3. The topological polar surface area (TPSA) is 102 Å². The minimum Gasteiger partial charge on any atom is -0.480 e. The highest BCUT2D eigenvalue weighted by Crippen LogP contribution is 2.24. The van der Waals surface area contributed by atoms with Crippen LogP contribution in [0.4, 0.5) is 0 Å². The summed E-state index contributed by atoms with van der Waals surface area (Å²) in [6.45, 7) is 5.16. The smallest absolute Gasteiger partial charge is 0.323 e. The van der Waals surface area contributed by atoms with Gasteiger partial charge in [0.2, 0.25) is 0 Å². The Morgan fingerprint density at radius 2 is 1.80 bits per heavy atom. The molecule has 1 rings (SSSR count). The number of carbonyl (C=O) groups is 2. The number of rotatable bonds is 5. The summed E-state index contributed by atoms with van der Waals surface area (Å²) in [5.74, 6) is 2.41. The molecule has 0 heterocycles. The SMILES string of the molecule is CC(C)(C)OC(=O)C(c1ccccc1)[C@H](NN)C(=O)O. The minimum atomic E-state index is -1.26. The Kier molecular flexibility index (Phi) is 5.24. The van der Waals surface area contributed by atoms with Crippen LogP contribution in [0.5, 0.6) is 0 Å². The first-order valence-corrected chi connectivity index (χ1v) is 6.23. The Morgan fingerprint density at radius 1 is 1.25 bits per heavy atom. The highest BCUT2D eigenvalue weighted by atomic mass is 16.6. The third-order valence-corrected chi connectivity index (χ3v) is 2.60. The zero-order valence-corrected chi connectivity index (χ0v) is 11.8. The highest BCUT2D eigenvalue weighted by molar-refractivity contribution is 5.88. The maximum atomic E-state index is 12.3. The van der Waals surface area contributed by atoms with E-state index < -0.39 is 29.5 Å². The van der Waals surface area contributed by atoms with E-state index in [9.17, 15) is 14.7 Å². The van der Waals surface area contributed by atoms with Gasteiger partial charge in [0.05, 0.1) is 0 Å². The van der Waals surface area contributed by atoms with E-state index in [0.717, 1.165) is 0 Å². The second-order valence-electron chi connectivity index (χ2n) is 5.40. The van der Waals surface area contributed by atoms with E-state index in [2.05, 4.69) is 5.43 Å². The molecule has 20 heavy (non-hydrogen) atoms. The largest absolute Gasteiger partial charge is 0.480 e. The summed E-state index contributed by atoms with van der Waals surface area (Å²) in [6, 6.07) is 7.31. The molecule has 1 unspecified atom stereocenters. The molecule has 6 nitrogen and oxygen atoms in total. The number of nitrogens with one attached hydrogen (secondary N) is 1. The van der Waals surface area contributed by atoms with Crippen molar-refractivity contribution in [2.75, 3.05) is 0 Å². The van der Waals surface area contributed by atoms with Crippen LogP contribution in [0.25, 0.3) is 0 Å². The third-order valence-electron chi connectivity index (χ3n) is 2.60. The van der Waals surface area contributed by atoms with Crippen molar-refractivity contribution in [3.8, 4) is 0 Å². The van der Waals surface area contributed by atoms with Gasteiger partial charge in [-0.25, -0.2) is 5.43 Å². The minimum absolute atomic E-state index is 0.534. The van der Waals surface area contributed by atoms with Crippen LogP contribution in [-0.2, 0) is 14.3 Å². The number of hydrogen-bond acceptors (Lipinski definition) is 5. The molecule has 1 aromatic rings. The first-order chi connectivity index (χ1) is 9.26. The van der Waals surface area contributed by atoms with E-state index in [1.54, 1.807) is 51.1 Å². The van der Waals surface area contributed by atoms with Crippen LogP contribution in [-0.4, -0.2) is 28.7 Å². The fourth-order valence-corrected chi connectivity index (χ4v) is 1.80. The summed E-state index contributed by atoms with van der Waals surface area (Å²) in [7, 11) is 0. The monoisotopic (exact) mass is 280 g/mol. The molecular formula is C14H20N2O4. The summed E-state index contributed by atoms with van der Waals surface area (Å²) in [5.41, 5.74) is 1.99. The van der Waals surface area contributed by atoms with Crippen molar-refractivity contribution >= 4 is 11.9 Å². The fraction of sp³-hybridized carbons (Fsp3) is 0.429. The molecule has 2 atom stereocenters. The van der Waals surface area contributed by atoms with E-state index in [1.165, 1.54) is 0 Å². The molecule has 1 aromatic carbocycles. The molecular weight excluding hydrogens is 260 g/mol. The molecule has 0 fully saturated rings. The molecule has 0 aromatic heterocycles. The lowest BCUT2D eigenvalue weighted by Gasteiger charge is -2.27. The van der Waals surface area contributed by atoms with Gasteiger partial charge in [0.1, 0.15) is 17.6 Å². The summed E-state index contributed by atoms with van der Waals surface area (Å²) >= 11 is 0. The molecule has 0 radical (unpaired) electrons. The normalized spacial score (nSPS) is 14.4. The zero-order chi connectivity index (χ0) is 15.3. The predicted octanol–water partition coefficient (Wildman–Crippen LogP) is 1.03. The molecule has 6 heteroatoms. The van der Waals surface area contributed by atoms with Crippen LogP contribution >= 0.6 is 0 Å². The second kappa shape index (κ2) is 6.49. The number of carboxylic acid groups (broad SMARTS) is 1. The maximum Gasteiger partial charge on any atom is 0.323 e. The number of ether oxygens (including phenoxy) is 1. The fourth-order valence-electron chi connectivity index (χ4n) is 1.80. The van der Waals surface area contributed by atoms with Crippen LogP contribution in [0.2, 0.25) is 0 Å². The lowest BCUT2D eigenvalue weighted by Crippen LogP contribution is -2.49. The summed E-state index contributed by atoms with van der Waals surface area (Å²) in [6.07, 6.45) is 0. The van der Waals surface area contributed by atoms with Gasteiger partial charge in [-0.15, -0.1) is 0 Å². The van der Waals surface area contributed by atoms with Crippen molar-refractivity contribution in [1.82, 2.24) is 5.43 Å². The third kappa shape index (κ3) is 4.32. The van der Waals surface area contributed by atoms with Crippen molar-refractivity contribution in [3.63, 3.8) is 0 Å². The number of benzene rings is 1. The van der Waals surface area contributed by atoms with Gasteiger partial charge in [-0.05, 0) is 26.3 Å². The molecule has 0 bridgehead atoms. The van der Waals surface area contributed by atoms with E-state index >= 15 is 0 Å². The number of hydrogen-bond donors (Lipinski definition) is 3. The number of hydrazine groups is 1. The molecule has 0 aliphatic carbocycles. The van der Waals surface area contributed by atoms with Crippen LogP contribution in [0.3, 0.4) is 0 Å². The quantitative estimate of drug-likeness (QED) is 0.423. The van der Waals surface area contributed by atoms with Crippen molar-refractivity contribution in [2.24, 2.45) is 5.84 Å². The number of nitrogens with two attached hydrogens (primary N) is 1. The highest BCUT2D eigenvalue weighted by Gasteiger charge is 2.37. The Hall–Kier alpha value is -1.92. The van der Waals surface area contributed by atoms with Crippen LogP contribution in [0.15, 0.2) is 30.3 Å². The number of carbonyl (C=O) groups excluding carboxylic acids is 1. The Balaban J connectivity index is 3.14. The van der Waals surface area contributed by atoms with Crippen molar-refractivity contribution in [3.05, 3.63) is 35.9 Å². The van der Waals surface area contributed by atoms with Crippen molar-refractivity contribution in [2.45, 2.75) is 38.3 Å². The molecule has 0 saturated heterocycles. The predicted molar refractivity (Wildman–Crippen MR) is 73.8 cm³/mol. The van der Waals surface area contributed by atoms with E-state index in [4.69, 9.17) is 10.6 Å². The molecule has 110 valence electrons. The van der Waals surface area contributed by atoms with Crippen LogP contribution in [0.1, 0.15) is 32.3 Å². The summed E-state index contributed by atoms with van der Waals surface area (Å²) in [4.78, 5) is 23.5. The lowest BCUT2D eigenvalue weighted by atomic mass is 9.91. The zero-order valence-electron chi connectivity index (χ0n) is 11.8. The average Bonchev–Trinajstić information content (AvgIpc) is 2.33. The molecule has 0 amide bonds. The van der Waals surface area contributed by atoms with Gasteiger partial charge in [0.25, 0.3) is 0 Å². The van der Waals surface area contributed by atoms with Gasteiger partial charge in [-0.2, -0.15) is 0 Å². The van der Waals surface area contributed by atoms with E-state index in [0.29, 0.717) is 5.56 Å². The Labute approximate surface area is 117 Å². The van der Waals surface area contributed by atoms with Gasteiger partial charge in [-0.1, -0.05) is 30.3 Å². The number of carboxylic acids is 1. The summed E-state index contributed by atoms with van der Waals surface area (Å²) < 4.78 is 5.29. The van der Waals surface area contributed by atoms with Gasteiger partial charge in [0.15, 0.2) is 0 Å². The lowest BCUT2D eigenvalue weighted by molar-refractivity contribution is -0.160. The van der Waals surface area contributed by atoms with E-state index in [-0.39, 0.29) is 0 Å². The van der Waals surface area contributed by atoms with Gasteiger partial charge in [-0.3, -0.25) is 15.4 Å². The van der Waals surface area contributed by atoms with Gasteiger partial charge in [0, 0.05) is 0 Å². The first-order valence-electron chi connectivity index (χ1n) is 6.23. The standard InChI is InChI=1S/C14H20N2O4/c1-14(2,3)20-13(19)10(11(16-15)12(17)18)9-7-5-4-6-8-9/h4-8,10-11,16H,15H2,1-3H3,(H,17,18)/t10?,11-/m0/s1. The Morgan fingerprint density at radius 3 is 2.20 bits per heavy atom. The average molecular weight is 280 g/mol. The first kappa shape index (κ1) is 16.1. The van der Waals surface area contributed by atoms with E-state index in [1.807, 2.05) is 0 Å². The van der Waals surface area contributed by atoms with Crippen molar-refractivity contribution in [1.29, 1.82) is 0 Å². The molecule has 0 aliphatic heterocycles. The molecule has 4 N–H and O–H groups in total. The molecule has 0 saturated carbocycles. The second-order valence-corrected chi connectivity index (χ2v) is 5.40. The van der Waals surface area contributed by atoms with Gasteiger partial charge < -0.3 is 9.84 Å². The van der Waals surface area contributed by atoms with Crippen LogP contribution < -0.4 is 11.3 Å².